The maximum Gasteiger partial charge on any atom is 0.238 e. The SMILES string of the molecule is CCc1ccc(NC(=O)CN2CCC[C@H](O)C2)cc1. The highest BCUT2D eigenvalue weighted by Gasteiger charge is 2.19. The molecule has 2 rings (SSSR count). The van der Waals surface area contributed by atoms with Crippen LogP contribution in [0.15, 0.2) is 24.3 Å². The van der Waals surface area contributed by atoms with Gasteiger partial charge in [0.2, 0.25) is 5.91 Å². The van der Waals surface area contributed by atoms with Crippen molar-refractivity contribution >= 4 is 11.6 Å². The molecule has 19 heavy (non-hydrogen) atoms. The van der Waals surface area contributed by atoms with Crippen LogP contribution in [0.2, 0.25) is 0 Å². The Morgan fingerprint density at radius 3 is 2.79 bits per heavy atom. The van der Waals surface area contributed by atoms with Crippen LogP contribution in [0, 0.1) is 0 Å². The first-order valence-electron chi connectivity index (χ1n) is 6.96. The van der Waals surface area contributed by atoms with E-state index < -0.39 is 0 Å². The molecule has 1 atom stereocenters. The molecule has 0 unspecified atom stereocenters. The molecule has 2 N–H and O–H groups in total. The Hall–Kier alpha value is -1.39. The molecule has 0 aliphatic carbocycles. The maximum atomic E-state index is 11.9. The largest absolute Gasteiger partial charge is 0.392 e. The first kappa shape index (κ1) is 14.0. The average Bonchev–Trinajstić information content (AvgIpc) is 2.39. The van der Waals surface area contributed by atoms with Crippen LogP contribution in [-0.2, 0) is 11.2 Å². The molecular formula is C15H22N2O2. The van der Waals surface area contributed by atoms with E-state index in [9.17, 15) is 9.90 Å². The number of aliphatic hydroxyl groups is 1. The van der Waals surface area contributed by atoms with E-state index >= 15 is 0 Å². The van der Waals surface area contributed by atoms with Crippen LogP contribution in [0.1, 0.15) is 25.3 Å². The van der Waals surface area contributed by atoms with Gasteiger partial charge in [0.1, 0.15) is 0 Å². The summed E-state index contributed by atoms with van der Waals surface area (Å²) in [6.45, 7) is 3.95. The van der Waals surface area contributed by atoms with Gasteiger partial charge in [-0.1, -0.05) is 19.1 Å². The van der Waals surface area contributed by atoms with Crippen molar-refractivity contribution in [1.29, 1.82) is 0 Å². The first-order valence-corrected chi connectivity index (χ1v) is 6.96. The second-order valence-electron chi connectivity index (χ2n) is 5.13. The Morgan fingerprint density at radius 1 is 1.42 bits per heavy atom. The lowest BCUT2D eigenvalue weighted by Crippen LogP contribution is -2.42. The van der Waals surface area contributed by atoms with E-state index in [1.54, 1.807) is 0 Å². The quantitative estimate of drug-likeness (QED) is 0.867. The number of hydrogen-bond donors (Lipinski definition) is 2. The predicted molar refractivity (Wildman–Crippen MR) is 76.1 cm³/mol. The van der Waals surface area contributed by atoms with Crippen molar-refractivity contribution in [1.82, 2.24) is 4.90 Å². The van der Waals surface area contributed by atoms with Gasteiger partial charge in [-0.2, -0.15) is 0 Å². The Kier molecular flexibility index (Phi) is 4.93. The molecule has 4 nitrogen and oxygen atoms in total. The average molecular weight is 262 g/mol. The molecule has 0 spiro atoms. The van der Waals surface area contributed by atoms with Gasteiger partial charge in [-0.25, -0.2) is 0 Å². The molecule has 1 amide bonds. The first-order chi connectivity index (χ1) is 9.17. The number of amides is 1. The fourth-order valence-electron chi connectivity index (χ4n) is 2.40. The van der Waals surface area contributed by atoms with E-state index in [0.29, 0.717) is 13.1 Å². The molecule has 0 saturated carbocycles. The molecule has 0 radical (unpaired) electrons. The minimum atomic E-state index is -0.287. The second kappa shape index (κ2) is 6.68. The van der Waals surface area contributed by atoms with Gasteiger partial charge in [0, 0.05) is 12.2 Å². The van der Waals surface area contributed by atoms with E-state index in [2.05, 4.69) is 12.2 Å². The molecule has 0 bridgehead atoms. The smallest absolute Gasteiger partial charge is 0.238 e. The van der Waals surface area contributed by atoms with E-state index in [0.717, 1.165) is 31.5 Å². The summed E-state index contributed by atoms with van der Waals surface area (Å²) in [6, 6.07) is 7.92. The minimum Gasteiger partial charge on any atom is -0.392 e. The van der Waals surface area contributed by atoms with Crippen molar-refractivity contribution < 1.29 is 9.90 Å². The summed E-state index contributed by atoms with van der Waals surface area (Å²) >= 11 is 0. The molecule has 1 fully saturated rings. The third-order valence-electron chi connectivity index (χ3n) is 3.49. The predicted octanol–water partition coefficient (Wildman–Crippen LogP) is 1.64. The molecular weight excluding hydrogens is 240 g/mol. The van der Waals surface area contributed by atoms with Crippen molar-refractivity contribution in [3.8, 4) is 0 Å². The third-order valence-corrected chi connectivity index (χ3v) is 3.49. The molecule has 1 heterocycles. The van der Waals surface area contributed by atoms with Crippen molar-refractivity contribution in [2.24, 2.45) is 0 Å². The van der Waals surface area contributed by atoms with Gasteiger partial charge in [-0.05, 0) is 43.5 Å². The van der Waals surface area contributed by atoms with E-state index in [1.165, 1.54) is 5.56 Å². The molecule has 1 aromatic rings. The summed E-state index contributed by atoms with van der Waals surface area (Å²) in [4.78, 5) is 13.9. The fourth-order valence-corrected chi connectivity index (χ4v) is 2.40. The molecule has 4 heteroatoms. The molecule has 1 aliphatic rings. The van der Waals surface area contributed by atoms with Crippen LogP contribution in [0.25, 0.3) is 0 Å². The number of carbonyl (C=O) groups is 1. The summed E-state index contributed by atoms with van der Waals surface area (Å²) in [5, 5.41) is 12.5. The fraction of sp³-hybridized carbons (Fsp3) is 0.533. The summed E-state index contributed by atoms with van der Waals surface area (Å²) < 4.78 is 0. The second-order valence-corrected chi connectivity index (χ2v) is 5.13. The lowest BCUT2D eigenvalue weighted by atomic mass is 10.1. The normalized spacial score (nSPS) is 20.2. The van der Waals surface area contributed by atoms with Gasteiger partial charge >= 0.3 is 0 Å². The number of piperidine rings is 1. The Morgan fingerprint density at radius 2 is 2.16 bits per heavy atom. The third kappa shape index (κ3) is 4.33. The van der Waals surface area contributed by atoms with Crippen LogP contribution >= 0.6 is 0 Å². The lowest BCUT2D eigenvalue weighted by Gasteiger charge is -2.29. The Bertz CT molecular complexity index is 417. The number of nitrogens with zero attached hydrogens (tertiary/aromatic N) is 1. The van der Waals surface area contributed by atoms with Crippen molar-refractivity contribution in [3.05, 3.63) is 29.8 Å². The zero-order valence-corrected chi connectivity index (χ0v) is 11.4. The number of aryl methyl sites for hydroxylation is 1. The highest BCUT2D eigenvalue weighted by molar-refractivity contribution is 5.92. The van der Waals surface area contributed by atoms with E-state index in [1.807, 2.05) is 29.2 Å². The van der Waals surface area contributed by atoms with Gasteiger partial charge in [-0.3, -0.25) is 9.69 Å². The zero-order valence-electron chi connectivity index (χ0n) is 11.4. The highest BCUT2D eigenvalue weighted by Crippen LogP contribution is 2.12. The van der Waals surface area contributed by atoms with Crippen LogP contribution in [-0.4, -0.2) is 41.7 Å². The Balaban J connectivity index is 1.83. The maximum absolute atomic E-state index is 11.9. The number of anilines is 1. The number of benzene rings is 1. The van der Waals surface area contributed by atoms with Gasteiger partial charge in [0.25, 0.3) is 0 Å². The summed E-state index contributed by atoms with van der Waals surface area (Å²) in [5.74, 6) is -0.0154. The lowest BCUT2D eigenvalue weighted by molar-refractivity contribution is -0.118. The summed E-state index contributed by atoms with van der Waals surface area (Å²) in [7, 11) is 0. The number of rotatable bonds is 4. The zero-order chi connectivity index (χ0) is 13.7. The summed E-state index contributed by atoms with van der Waals surface area (Å²) in [5.41, 5.74) is 2.09. The topological polar surface area (TPSA) is 52.6 Å². The van der Waals surface area contributed by atoms with Crippen molar-refractivity contribution in [3.63, 3.8) is 0 Å². The molecule has 1 aliphatic heterocycles. The number of carbonyl (C=O) groups excluding carboxylic acids is 1. The molecule has 104 valence electrons. The minimum absolute atomic E-state index is 0.0154. The standard InChI is InChI=1S/C15H22N2O2/c1-2-12-5-7-13(8-6-12)16-15(19)11-17-9-3-4-14(18)10-17/h5-8,14,18H,2-4,9-11H2,1H3,(H,16,19)/t14-/m0/s1. The van der Waals surface area contributed by atoms with Crippen molar-refractivity contribution in [2.75, 3.05) is 25.0 Å². The van der Waals surface area contributed by atoms with E-state index in [4.69, 9.17) is 0 Å². The van der Waals surface area contributed by atoms with Crippen LogP contribution < -0.4 is 5.32 Å². The highest BCUT2D eigenvalue weighted by atomic mass is 16.3. The van der Waals surface area contributed by atoms with Gasteiger partial charge in [0.05, 0.1) is 12.6 Å². The van der Waals surface area contributed by atoms with Crippen LogP contribution in [0.3, 0.4) is 0 Å². The van der Waals surface area contributed by atoms with Gasteiger partial charge < -0.3 is 10.4 Å². The summed E-state index contributed by atoms with van der Waals surface area (Å²) in [6.07, 6.45) is 2.52. The monoisotopic (exact) mass is 262 g/mol. The molecule has 1 aromatic carbocycles. The van der Waals surface area contributed by atoms with Gasteiger partial charge in [0.15, 0.2) is 0 Å². The number of nitrogens with one attached hydrogen (secondary N) is 1. The number of likely N-dealkylation sites (tertiary alicyclic amines) is 1. The van der Waals surface area contributed by atoms with E-state index in [-0.39, 0.29) is 12.0 Å². The van der Waals surface area contributed by atoms with Crippen LogP contribution in [0.4, 0.5) is 5.69 Å². The number of aliphatic hydroxyl groups excluding tert-OH is 1. The van der Waals surface area contributed by atoms with Crippen LogP contribution in [0.5, 0.6) is 0 Å². The number of β-amino-alcohol motifs (C(OH)–C–C–N with tert-alkyl or cyclic N) is 1. The van der Waals surface area contributed by atoms with Crippen molar-refractivity contribution in [2.45, 2.75) is 32.3 Å². The number of hydrogen-bond acceptors (Lipinski definition) is 3. The molecule has 0 aromatic heterocycles. The van der Waals surface area contributed by atoms with Gasteiger partial charge in [-0.15, -0.1) is 0 Å². The molecule has 1 saturated heterocycles. The Labute approximate surface area is 114 Å².